The van der Waals surface area contributed by atoms with Crippen LogP contribution in [0.4, 0.5) is 22.7 Å². The topological polar surface area (TPSA) is 123 Å². The molecule has 0 fully saturated rings. The largest absolute Gasteiger partial charge is 0.480 e. The van der Waals surface area contributed by atoms with Gasteiger partial charge in [0, 0.05) is 0 Å². The van der Waals surface area contributed by atoms with E-state index in [0.29, 0.717) is 22.7 Å². The van der Waals surface area contributed by atoms with E-state index < -0.39 is 11.9 Å². The number of carboxylic acid groups (broad SMARTS) is 2. The molecular weight excluding hydrogens is 312 g/mol. The Hall–Kier alpha value is -3.42. The van der Waals surface area contributed by atoms with Crippen LogP contribution in [-0.4, -0.2) is 35.2 Å². The molecule has 0 aromatic heterocycles. The summed E-state index contributed by atoms with van der Waals surface area (Å²) in [6.45, 7) is -0.466. The Kier molecular flexibility index (Phi) is 5.84. The standard InChI is InChI=1S/C16H16N4O4/c21-15(22)9-17-11-5-1-3-7-13(11)19-20-14-8-4-2-6-12(14)18-10-16(23)24/h1-8,17-18H,9-10H2,(H,21,22)(H,23,24). The smallest absolute Gasteiger partial charge is 0.322 e. The van der Waals surface area contributed by atoms with Gasteiger partial charge in [0.25, 0.3) is 0 Å². The second kappa shape index (κ2) is 8.28. The molecule has 8 nitrogen and oxygen atoms in total. The summed E-state index contributed by atoms with van der Waals surface area (Å²) in [5.74, 6) is -1.96. The molecule has 2 aromatic carbocycles. The predicted molar refractivity (Wildman–Crippen MR) is 89.3 cm³/mol. The minimum atomic E-state index is -0.982. The third-order valence-electron chi connectivity index (χ3n) is 2.93. The fourth-order valence-corrected chi connectivity index (χ4v) is 1.87. The molecule has 0 saturated carbocycles. The van der Waals surface area contributed by atoms with Crippen molar-refractivity contribution in [2.45, 2.75) is 0 Å². The zero-order chi connectivity index (χ0) is 17.4. The van der Waals surface area contributed by atoms with Crippen molar-refractivity contribution >= 4 is 34.7 Å². The summed E-state index contributed by atoms with van der Waals surface area (Å²) in [6.07, 6.45) is 0. The lowest BCUT2D eigenvalue weighted by Gasteiger charge is -2.07. The number of rotatable bonds is 8. The monoisotopic (exact) mass is 328 g/mol. The number of hydrogen-bond donors (Lipinski definition) is 4. The molecule has 124 valence electrons. The van der Waals surface area contributed by atoms with Gasteiger partial charge in [0.05, 0.1) is 11.4 Å². The number of nitrogens with zero attached hydrogens (tertiary/aromatic N) is 2. The number of para-hydroxylation sites is 2. The maximum Gasteiger partial charge on any atom is 0.322 e. The van der Waals surface area contributed by atoms with Crippen LogP contribution in [0.1, 0.15) is 0 Å². The van der Waals surface area contributed by atoms with Crippen molar-refractivity contribution < 1.29 is 19.8 Å². The first-order chi connectivity index (χ1) is 11.6. The number of azo groups is 1. The first-order valence-electron chi connectivity index (χ1n) is 7.07. The molecule has 8 heteroatoms. The Balaban J connectivity index is 2.19. The third kappa shape index (κ3) is 5.09. The third-order valence-corrected chi connectivity index (χ3v) is 2.93. The first kappa shape index (κ1) is 16.9. The highest BCUT2D eigenvalue weighted by atomic mass is 16.4. The van der Waals surface area contributed by atoms with E-state index in [-0.39, 0.29) is 13.1 Å². The molecule has 4 N–H and O–H groups in total. The van der Waals surface area contributed by atoms with Crippen molar-refractivity contribution in [3.63, 3.8) is 0 Å². The number of carbonyl (C=O) groups is 2. The van der Waals surface area contributed by atoms with E-state index in [4.69, 9.17) is 10.2 Å². The zero-order valence-electron chi connectivity index (χ0n) is 12.6. The van der Waals surface area contributed by atoms with Crippen LogP contribution < -0.4 is 10.6 Å². The lowest BCUT2D eigenvalue weighted by atomic mass is 10.2. The molecule has 0 unspecified atom stereocenters. The summed E-state index contributed by atoms with van der Waals surface area (Å²) in [7, 11) is 0. The summed E-state index contributed by atoms with van der Waals surface area (Å²) in [5, 5.41) is 31.2. The normalized spacial score (nSPS) is 10.5. The molecule has 0 radical (unpaired) electrons. The molecule has 0 spiro atoms. The Morgan fingerprint density at radius 1 is 0.750 bits per heavy atom. The molecule has 2 aromatic rings. The summed E-state index contributed by atoms with van der Waals surface area (Å²) >= 11 is 0. The summed E-state index contributed by atoms with van der Waals surface area (Å²) < 4.78 is 0. The van der Waals surface area contributed by atoms with Crippen LogP contribution in [-0.2, 0) is 9.59 Å². The molecule has 2 rings (SSSR count). The highest BCUT2D eigenvalue weighted by Crippen LogP contribution is 2.29. The summed E-state index contributed by atoms with van der Waals surface area (Å²) in [4.78, 5) is 21.3. The van der Waals surface area contributed by atoms with Gasteiger partial charge in [0.1, 0.15) is 24.5 Å². The second-order valence-corrected chi connectivity index (χ2v) is 4.73. The molecular formula is C16H16N4O4. The molecule has 0 heterocycles. The van der Waals surface area contributed by atoms with Crippen LogP contribution in [0, 0.1) is 0 Å². The molecule has 0 aliphatic rings. The number of aliphatic carboxylic acids is 2. The quantitative estimate of drug-likeness (QED) is 0.552. The van der Waals surface area contributed by atoms with E-state index in [0.717, 1.165) is 0 Å². The Morgan fingerprint density at radius 2 is 1.12 bits per heavy atom. The maximum absolute atomic E-state index is 10.7. The Bertz CT molecular complexity index is 698. The Morgan fingerprint density at radius 3 is 1.50 bits per heavy atom. The molecule has 0 atom stereocenters. The van der Waals surface area contributed by atoms with E-state index >= 15 is 0 Å². The van der Waals surface area contributed by atoms with Crippen molar-refractivity contribution in [1.82, 2.24) is 0 Å². The highest BCUT2D eigenvalue weighted by Gasteiger charge is 2.05. The average Bonchev–Trinajstić information content (AvgIpc) is 2.57. The van der Waals surface area contributed by atoms with Gasteiger partial charge in [-0.05, 0) is 24.3 Å². The Labute approximate surface area is 137 Å². The van der Waals surface area contributed by atoms with Crippen molar-refractivity contribution in [3.8, 4) is 0 Å². The fraction of sp³-hybridized carbons (Fsp3) is 0.125. The van der Waals surface area contributed by atoms with E-state index in [2.05, 4.69) is 20.9 Å². The minimum absolute atomic E-state index is 0.233. The molecule has 0 bridgehead atoms. The van der Waals surface area contributed by atoms with Crippen LogP contribution in [0.25, 0.3) is 0 Å². The van der Waals surface area contributed by atoms with Gasteiger partial charge >= 0.3 is 11.9 Å². The molecule has 0 amide bonds. The first-order valence-corrected chi connectivity index (χ1v) is 7.07. The van der Waals surface area contributed by atoms with E-state index in [1.54, 1.807) is 48.5 Å². The van der Waals surface area contributed by atoms with Crippen molar-refractivity contribution in [1.29, 1.82) is 0 Å². The van der Waals surface area contributed by atoms with Crippen LogP contribution >= 0.6 is 0 Å². The van der Waals surface area contributed by atoms with Crippen molar-refractivity contribution in [3.05, 3.63) is 48.5 Å². The number of hydrogen-bond acceptors (Lipinski definition) is 6. The van der Waals surface area contributed by atoms with Gasteiger partial charge in [-0.25, -0.2) is 0 Å². The van der Waals surface area contributed by atoms with E-state index in [1.807, 2.05) is 0 Å². The predicted octanol–water partition coefficient (Wildman–Crippen LogP) is 3.09. The van der Waals surface area contributed by atoms with Gasteiger partial charge in [-0.2, -0.15) is 0 Å². The van der Waals surface area contributed by atoms with Crippen molar-refractivity contribution in [2.24, 2.45) is 10.2 Å². The van der Waals surface area contributed by atoms with Crippen LogP contribution in [0.15, 0.2) is 58.8 Å². The molecule has 0 aliphatic carbocycles. The minimum Gasteiger partial charge on any atom is -0.480 e. The van der Waals surface area contributed by atoms with Crippen LogP contribution in [0.2, 0.25) is 0 Å². The lowest BCUT2D eigenvalue weighted by Crippen LogP contribution is -2.12. The SMILES string of the molecule is O=C(O)CNc1ccccc1N=Nc1ccccc1NCC(=O)O. The van der Waals surface area contributed by atoms with Crippen LogP contribution in [0.3, 0.4) is 0 Å². The van der Waals surface area contributed by atoms with Gasteiger partial charge in [-0.3, -0.25) is 9.59 Å². The number of nitrogens with one attached hydrogen (secondary N) is 2. The highest BCUT2D eigenvalue weighted by molar-refractivity contribution is 5.77. The molecule has 0 saturated heterocycles. The van der Waals surface area contributed by atoms with Crippen molar-refractivity contribution in [2.75, 3.05) is 23.7 Å². The number of benzene rings is 2. The van der Waals surface area contributed by atoms with E-state index in [9.17, 15) is 9.59 Å². The number of carboxylic acids is 2. The average molecular weight is 328 g/mol. The maximum atomic E-state index is 10.7. The summed E-state index contributed by atoms with van der Waals surface area (Å²) in [6, 6.07) is 13.8. The van der Waals surface area contributed by atoms with Gasteiger partial charge in [-0.15, -0.1) is 10.2 Å². The molecule has 0 aliphatic heterocycles. The van der Waals surface area contributed by atoms with Gasteiger partial charge in [-0.1, -0.05) is 24.3 Å². The van der Waals surface area contributed by atoms with Gasteiger partial charge in [0.2, 0.25) is 0 Å². The van der Waals surface area contributed by atoms with Gasteiger partial charge < -0.3 is 20.8 Å². The summed E-state index contributed by atoms with van der Waals surface area (Å²) in [5.41, 5.74) is 2.04. The lowest BCUT2D eigenvalue weighted by molar-refractivity contribution is -0.135. The number of anilines is 2. The zero-order valence-corrected chi connectivity index (χ0v) is 12.6. The van der Waals surface area contributed by atoms with E-state index in [1.165, 1.54) is 0 Å². The van der Waals surface area contributed by atoms with Gasteiger partial charge in [0.15, 0.2) is 0 Å². The molecule has 24 heavy (non-hydrogen) atoms. The second-order valence-electron chi connectivity index (χ2n) is 4.73. The fourth-order valence-electron chi connectivity index (χ4n) is 1.87. The van der Waals surface area contributed by atoms with Crippen LogP contribution in [0.5, 0.6) is 0 Å².